The Labute approximate surface area is 116 Å². The van der Waals surface area contributed by atoms with Crippen LogP contribution < -0.4 is 10.1 Å². The minimum Gasteiger partial charge on any atom is -0.497 e. The molecule has 2 aromatic rings. The summed E-state index contributed by atoms with van der Waals surface area (Å²) in [5.74, 6) is 0.845. The topological polar surface area (TPSA) is 26.2 Å². The normalized spacial score (nSPS) is 10.4. The van der Waals surface area contributed by atoms with Gasteiger partial charge in [-0.1, -0.05) is 15.9 Å². The van der Waals surface area contributed by atoms with Crippen molar-refractivity contribution in [2.24, 2.45) is 0 Å². The van der Waals surface area contributed by atoms with Gasteiger partial charge in [0.2, 0.25) is 0 Å². The van der Waals surface area contributed by atoms with Crippen molar-refractivity contribution in [3.8, 4) is 5.75 Å². The Bertz CT molecular complexity index is 522. The zero-order chi connectivity index (χ0) is 13.0. The summed E-state index contributed by atoms with van der Waals surface area (Å²) >= 11 is 3.47. The third-order valence-electron chi connectivity index (χ3n) is 2.78. The van der Waals surface area contributed by atoms with Crippen molar-refractivity contribution in [1.29, 1.82) is 0 Å². The Morgan fingerprint density at radius 3 is 2.83 bits per heavy atom. The van der Waals surface area contributed by atoms with Gasteiger partial charge in [-0.25, -0.2) is 0 Å². The highest BCUT2D eigenvalue weighted by atomic mass is 79.9. The zero-order valence-corrected chi connectivity index (χ0v) is 12.2. The molecule has 0 aliphatic heterocycles. The van der Waals surface area contributed by atoms with Gasteiger partial charge < -0.3 is 14.6 Å². The number of rotatable bonds is 5. The summed E-state index contributed by atoms with van der Waals surface area (Å²) in [4.78, 5) is 0. The van der Waals surface area contributed by atoms with Crippen molar-refractivity contribution >= 4 is 21.6 Å². The molecule has 0 amide bonds. The molecule has 0 radical (unpaired) electrons. The molecule has 0 spiro atoms. The molecule has 1 heterocycles. The number of hydrogen-bond donors (Lipinski definition) is 1. The van der Waals surface area contributed by atoms with Crippen LogP contribution in [0.15, 0.2) is 41.1 Å². The summed E-state index contributed by atoms with van der Waals surface area (Å²) < 4.78 is 8.41. The maximum absolute atomic E-state index is 5.24. The number of halogens is 1. The summed E-state index contributed by atoms with van der Waals surface area (Å²) in [6.07, 6.45) is 4.25. The molecule has 0 aliphatic rings. The van der Waals surface area contributed by atoms with Crippen LogP contribution in [0, 0.1) is 0 Å². The maximum Gasteiger partial charge on any atom is 0.122 e. The van der Waals surface area contributed by atoms with E-state index in [2.05, 4.69) is 51.2 Å². The smallest absolute Gasteiger partial charge is 0.122 e. The van der Waals surface area contributed by atoms with Gasteiger partial charge >= 0.3 is 0 Å². The minimum absolute atomic E-state index is 0.812. The summed E-state index contributed by atoms with van der Waals surface area (Å²) in [6, 6.07) is 8.10. The van der Waals surface area contributed by atoms with Gasteiger partial charge in [-0.15, -0.1) is 0 Å². The first-order chi connectivity index (χ1) is 8.71. The number of ether oxygens (including phenoxy) is 1. The van der Waals surface area contributed by atoms with Crippen LogP contribution >= 0.6 is 15.9 Å². The standard InChI is InChI=1S/C14H17BrN2O/c1-3-17-5-4-11(10-17)9-16-13-6-12(15)7-14(8-13)18-2/h4-8,10,16H,3,9H2,1-2H3. The van der Waals surface area contributed by atoms with E-state index in [1.807, 2.05) is 18.2 Å². The van der Waals surface area contributed by atoms with E-state index in [0.29, 0.717) is 0 Å². The molecule has 0 saturated carbocycles. The highest BCUT2D eigenvalue weighted by molar-refractivity contribution is 9.10. The van der Waals surface area contributed by atoms with Crippen LogP contribution in [0.2, 0.25) is 0 Å². The Balaban J connectivity index is 2.03. The van der Waals surface area contributed by atoms with Crippen molar-refractivity contribution < 1.29 is 4.74 Å². The van der Waals surface area contributed by atoms with Gasteiger partial charge in [0.15, 0.2) is 0 Å². The highest BCUT2D eigenvalue weighted by Gasteiger charge is 2.00. The summed E-state index contributed by atoms with van der Waals surface area (Å²) in [6.45, 7) is 3.95. The van der Waals surface area contributed by atoms with E-state index < -0.39 is 0 Å². The SMILES string of the molecule is CCn1ccc(CNc2cc(Br)cc(OC)c2)c1. The van der Waals surface area contributed by atoms with E-state index in [4.69, 9.17) is 4.74 Å². The number of aryl methyl sites for hydroxylation is 1. The van der Waals surface area contributed by atoms with E-state index in [1.165, 1.54) is 5.56 Å². The molecule has 18 heavy (non-hydrogen) atoms. The molecule has 0 fully saturated rings. The number of nitrogens with one attached hydrogen (secondary N) is 1. The number of methoxy groups -OCH3 is 1. The van der Waals surface area contributed by atoms with Crippen LogP contribution in [-0.2, 0) is 13.1 Å². The predicted octanol–water partition coefficient (Wildman–Crippen LogP) is 3.89. The second kappa shape index (κ2) is 5.96. The average molecular weight is 309 g/mol. The summed E-state index contributed by atoms with van der Waals surface area (Å²) in [5, 5.41) is 3.39. The Morgan fingerprint density at radius 2 is 2.17 bits per heavy atom. The van der Waals surface area contributed by atoms with Crippen LogP contribution in [0.5, 0.6) is 5.75 Å². The second-order valence-electron chi connectivity index (χ2n) is 4.08. The van der Waals surface area contributed by atoms with Gasteiger partial charge in [0.25, 0.3) is 0 Å². The van der Waals surface area contributed by atoms with Crippen molar-refractivity contribution in [3.05, 3.63) is 46.7 Å². The molecular weight excluding hydrogens is 292 g/mol. The van der Waals surface area contributed by atoms with Gasteiger partial charge in [0.05, 0.1) is 7.11 Å². The van der Waals surface area contributed by atoms with Crippen molar-refractivity contribution in [1.82, 2.24) is 4.57 Å². The Morgan fingerprint density at radius 1 is 1.33 bits per heavy atom. The molecular formula is C14H17BrN2O. The van der Waals surface area contributed by atoms with Crippen LogP contribution in [-0.4, -0.2) is 11.7 Å². The molecule has 96 valence electrons. The molecule has 0 atom stereocenters. The van der Waals surface area contributed by atoms with Crippen LogP contribution in [0.3, 0.4) is 0 Å². The van der Waals surface area contributed by atoms with E-state index in [1.54, 1.807) is 7.11 Å². The lowest BCUT2D eigenvalue weighted by molar-refractivity contribution is 0.414. The van der Waals surface area contributed by atoms with Gasteiger partial charge in [-0.2, -0.15) is 0 Å². The first-order valence-electron chi connectivity index (χ1n) is 5.94. The lowest BCUT2D eigenvalue weighted by Crippen LogP contribution is -1.99. The molecule has 1 aromatic heterocycles. The molecule has 0 unspecified atom stereocenters. The largest absolute Gasteiger partial charge is 0.497 e. The summed E-state index contributed by atoms with van der Waals surface area (Å²) in [7, 11) is 1.67. The quantitative estimate of drug-likeness (QED) is 0.907. The van der Waals surface area contributed by atoms with E-state index in [-0.39, 0.29) is 0 Å². The number of benzene rings is 1. The lowest BCUT2D eigenvalue weighted by Gasteiger charge is -2.08. The number of nitrogens with zero attached hydrogens (tertiary/aromatic N) is 1. The van der Waals surface area contributed by atoms with Gasteiger partial charge in [-0.3, -0.25) is 0 Å². The van der Waals surface area contributed by atoms with E-state index in [9.17, 15) is 0 Å². The summed E-state index contributed by atoms with van der Waals surface area (Å²) in [5.41, 5.74) is 2.32. The monoisotopic (exact) mass is 308 g/mol. The molecule has 2 rings (SSSR count). The molecule has 1 aromatic carbocycles. The third kappa shape index (κ3) is 3.29. The van der Waals surface area contributed by atoms with E-state index >= 15 is 0 Å². The number of hydrogen-bond acceptors (Lipinski definition) is 2. The van der Waals surface area contributed by atoms with Crippen LogP contribution in [0.25, 0.3) is 0 Å². The van der Waals surface area contributed by atoms with Crippen LogP contribution in [0.4, 0.5) is 5.69 Å². The lowest BCUT2D eigenvalue weighted by atomic mass is 10.2. The zero-order valence-electron chi connectivity index (χ0n) is 10.6. The number of aromatic nitrogens is 1. The second-order valence-corrected chi connectivity index (χ2v) is 5.00. The fourth-order valence-electron chi connectivity index (χ4n) is 1.78. The third-order valence-corrected chi connectivity index (χ3v) is 3.24. The van der Waals surface area contributed by atoms with Crippen LogP contribution in [0.1, 0.15) is 12.5 Å². The fraction of sp³-hybridized carbons (Fsp3) is 0.286. The van der Waals surface area contributed by atoms with Gasteiger partial charge in [0.1, 0.15) is 5.75 Å². The van der Waals surface area contributed by atoms with Gasteiger partial charge in [0, 0.05) is 41.7 Å². The van der Waals surface area contributed by atoms with Crippen molar-refractivity contribution in [2.45, 2.75) is 20.0 Å². The highest BCUT2D eigenvalue weighted by Crippen LogP contribution is 2.24. The molecule has 0 bridgehead atoms. The number of anilines is 1. The van der Waals surface area contributed by atoms with Crippen molar-refractivity contribution in [2.75, 3.05) is 12.4 Å². The minimum atomic E-state index is 0.812. The molecule has 0 aliphatic carbocycles. The first-order valence-corrected chi connectivity index (χ1v) is 6.73. The average Bonchev–Trinajstić information content (AvgIpc) is 2.83. The Hall–Kier alpha value is -1.42. The molecule has 4 heteroatoms. The van der Waals surface area contributed by atoms with Gasteiger partial charge in [-0.05, 0) is 30.7 Å². The van der Waals surface area contributed by atoms with Crippen molar-refractivity contribution in [3.63, 3.8) is 0 Å². The molecule has 0 saturated heterocycles. The Kier molecular flexibility index (Phi) is 4.31. The maximum atomic E-state index is 5.24. The molecule has 3 nitrogen and oxygen atoms in total. The predicted molar refractivity (Wildman–Crippen MR) is 78.1 cm³/mol. The fourth-order valence-corrected chi connectivity index (χ4v) is 2.25. The molecule has 1 N–H and O–H groups in total. The first kappa shape index (κ1) is 13.0. The van der Waals surface area contributed by atoms with E-state index in [0.717, 1.165) is 29.0 Å².